The molecule has 0 bridgehead atoms. The molecule has 0 saturated carbocycles. The predicted molar refractivity (Wildman–Crippen MR) is 95.4 cm³/mol. The number of nitrogens with zero attached hydrogens (tertiary/aromatic N) is 1. The van der Waals surface area contributed by atoms with Crippen LogP contribution in [0.5, 0.6) is 0 Å². The first-order valence-electron chi connectivity index (χ1n) is 8.78. The first-order valence-corrected chi connectivity index (χ1v) is 8.78. The van der Waals surface area contributed by atoms with Gasteiger partial charge in [0, 0.05) is 24.7 Å². The number of carbonyl (C=O) groups is 2. The van der Waals surface area contributed by atoms with E-state index in [1.54, 1.807) is 19.1 Å². The van der Waals surface area contributed by atoms with Gasteiger partial charge in [-0.25, -0.2) is 0 Å². The molecule has 2 aliphatic heterocycles. The summed E-state index contributed by atoms with van der Waals surface area (Å²) in [6.07, 6.45) is 3.79. The Kier molecular flexibility index (Phi) is 5.04. The second-order valence-corrected chi connectivity index (χ2v) is 6.75. The predicted octanol–water partition coefficient (Wildman–Crippen LogP) is 2.04. The smallest absolute Gasteiger partial charge is 0.251 e. The van der Waals surface area contributed by atoms with Crippen molar-refractivity contribution >= 4 is 23.2 Å². The number of piperidine rings is 1. The van der Waals surface area contributed by atoms with E-state index < -0.39 is 0 Å². The monoisotopic (exact) mass is 330 g/mol. The maximum atomic E-state index is 12.3. The van der Waals surface area contributed by atoms with E-state index in [0.29, 0.717) is 23.8 Å². The zero-order valence-electron chi connectivity index (χ0n) is 14.4. The topological polar surface area (TPSA) is 73.5 Å². The second kappa shape index (κ2) is 7.21. The van der Waals surface area contributed by atoms with Crippen LogP contribution in [0.25, 0.3) is 0 Å². The molecule has 2 atom stereocenters. The van der Waals surface area contributed by atoms with Gasteiger partial charge in [0.05, 0.1) is 11.4 Å². The van der Waals surface area contributed by atoms with E-state index in [-0.39, 0.29) is 17.9 Å². The summed E-state index contributed by atoms with van der Waals surface area (Å²) >= 11 is 0. The summed E-state index contributed by atoms with van der Waals surface area (Å²) in [5, 5.41) is 8.93. The molecule has 1 aromatic rings. The molecule has 2 amide bonds. The van der Waals surface area contributed by atoms with Gasteiger partial charge in [-0.15, -0.1) is 0 Å². The molecule has 24 heavy (non-hydrogen) atoms. The van der Waals surface area contributed by atoms with Crippen molar-refractivity contribution in [2.24, 2.45) is 0 Å². The summed E-state index contributed by atoms with van der Waals surface area (Å²) < 4.78 is 0. The van der Waals surface area contributed by atoms with Gasteiger partial charge in [-0.05, 0) is 51.4 Å². The Hall–Kier alpha value is -2.08. The van der Waals surface area contributed by atoms with Crippen molar-refractivity contribution in [1.29, 1.82) is 0 Å². The van der Waals surface area contributed by atoms with Gasteiger partial charge in [0.2, 0.25) is 5.91 Å². The molecular formula is C18H26N4O2. The zero-order valence-corrected chi connectivity index (χ0v) is 14.4. The van der Waals surface area contributed by atoms with Crippen molar-refractivity contribution in [3.63, 3.8) is 0 Å². The molecule has 0 spiro atoms. The quantitative estimate of drug-likeness (QED) is 0.790. The largest absolute Gasteiger partial charge is 0.372 e. The minimum Gasteiger partial charge on any atom is -0.372 e. The molecule has 1 saturated heterocycles. The van der Waals surface area contributed by atoms with Crippen molar-refractivity contribution in [1.82, 2.24) is 10.2 Å². The highest BCUT2D eigenvalue weighted by molar-refractivity contribution is 6.05. The molecule has 1 fully saturated rings. The summed E-state index contributed by atoms with van der Waals surface area (Å²) in [6.45, 7) is 6.70. The van der Waals surface area contributed by atoms with Gasteiger partial charge in [0.1, 0.15) is 6.04 Å². The fourth-order valence-electron chi connectivity index (χ4n) is 3.36. The average molecular weight is 330 g/mol. The fourth-order valence-corrected chi connectivity index (χ4v) is 3.36. The molecule has 0 radical (unpaired) electrons. The third-order valence-corrected chi connectivity index (χ3v) is 4.93. The van der Waals surface area contributed by atoms with Gasteiger partial charge in [-0.2, -0.15) is 0 Å². The lowest BCUT2D eigenvalue weighted by Crippen LogP contribution is -2.42. The Morgan fingerprint density at radius 2 is 2.12 bits per heavy atom. The van der Waals surface area contributed by atoms with Crippen LogP contribution in [0, 0.1) is 0 Å². The van der Waals surface area contributed by atoms with Gasteiger partial charge >= 0.3 is 0 Å². The van der Waals surface area contributed by atoms with E-state index in [2.05, 4.69) is 27.8 Å². The highest BCUT2D eigenvalue weighted by Gasteiger charge is 2.22. The first-order chi connectivity index (χ1) is 11.5. The van der Waals surface area contributed by atoms with Gasteiger partial charge < -0.3 is 16.0 Å². The first kappa shape index (κ1) is 16.8. The highest BCUT2D eigenvalue weighted by Crippen LogP contribution is 2.27. The summed E-state index contributed by atoms with van der Waals surface area (Å²) in [6, 6.07) is 5.69. The van der Waals surface area contributed by atoms with E-state index in [0.717, 1.165) is 18.8 Å². The van der Waals surface area contributed by atoms with Crippen LogP contribution in [0.1, 0.15) is 43.5 Å². The van der Waals surface area contributed by atoms with E-state index in [1.807, 2.05) is 6.07 Å². The van der Waals surface area contributed by atoms with Crippen LogP contribution < -0.4 is 16.0 Å². The molecule has 1 aromatic carbocycles. The second-order valence-electron chi connectivity index (χ2n) is 6.75. The molecule has 3 rings (SSSR count). The normalized spacial score (nSPS) is 23.8. The summed E-state index contributed by atoms with van der Waals surface area (Å²) in [4.78, 5) is 26.5. The van der Waals surface area contributed by atoms with E-state index in [4.69, 9.17) is 0 Å². The number of carbonyl (C=O) groups excluding carboxylic acids is 2. The number of amides is 2. The zero-order chi connectivity index (χ0) is 17.1. The summed E-state index contributed by atoms with van der Waals surface area (Å²) in [5.74, 6) is -0.186. The van der Waals surface area contributed by atoms with Crippen molar-refractivity contribution in [2.45, 2.75) is 45.2 Å². The van der Waals surface area contributed by atoms with E-state index in [1.165, 1.54) is 19.3 Å². The number of hydrogen-bond donors (Lipinski definition) is 3. The summed E-state index contributed by atoms with van der Waals surface area (Å²) in [5.41, 5.74) is 2.08. The van der Waals surface area contributed by atoms with Gasteiger partial charge in [0.15, 0.2) is 0 Å². The Morgan fingerprint density at radius 3 is 2.92 bits per heavy atom. The van der Waals surface area contributed by atoms with Crippen LogP contribution in [0.15, 0.2) is 18.2 Å². The summed E-state index contributed by atoms with van der Waals surface area (Å²) in [7, 11) is 0. The van der Waals surface area contributed by atoms with Gasteiger partial charge in [-0.3, -0.25) is 14.5 Å². The van der Waals surface area contributed by atoms with Crippen LogP contribution in [0.2, 0.25) is 0 Å². The number of anilines is 2. The standard InChI is InChI=1S/C18H26N4O2/c1-12-5-3-4-9-22(12)10-8-19-18(24)14-6-7-15-16(11-14)21-17(23)13(2)20-15/h6-7,11-13,20H,3-5,8-10H2,1-2H3,(H,19,24)(H,21,23). The third-order valence-electron chi connectivity index (χ3n) is 4.93. The molecule has 6 heteroatoms. The SMILES string of the molecule is CC1Nc2ccc(C(=O)NCCN3CCCCC3C)cc2NC1=O. The number of likely N-dealkylation sites (tertiary alicyclic amines) is 1. The van der Waals surface area contributed by atoms with Crippen molar-refractivity contribution < 1.29 is 9.59 Å². The Labute approximate surface area is 143 Å². The molecule has 2 heterocycles. The number of rotatable bonds is 4. The molecule has 2 unspecified atom stereocenters. The molecule has 3 N–H and O–H groups in total. The van der Waals surface area contributed by atoms with Gasteiger partial charge in [-0.1, -0.05) is 6.42 Å². The lowest BCUT2D eigenvalue weighted by molar-refractivity contribution is -0.116. The molecule has 0 aromatic heterocycles. The van der Waals surface area contributed by atoms with Crippen LogP contribution in [0.3, 0.4) is 0 Å². The van der Waals surface area contributed by atoms with Gasteiger partial charge in [0.25, 0.3) is 5.91 Å². The number of nitrogens with one attached hydrogen (secondary N) is 3. The van der Waals surface area contributed by atoms with E-state index >= 15 is 0 Å². The molecule has 2 aliphatic rings. The number of benzene rings is 1. The molecule has 130 valence electrons. The van der Waals surface area contributed by atoms with Crippen molar-refractivity contribution in [2.75, 3.05) is 30.3 Å². The molecule has 0 aliphatic carbocycles. The van der Waals surface area contributed by atoms with E-state index in [9.17, 15) is 9.59 Å². The van der Waals surface area contributed by atoms with Crippen LogP contribution in [0.4, 0.5) is 11.4 Å². The minimum atomic E-state index is -0.260. The lowest BCUT2D eigenvalue weighted by atomic mass is 10.0. The Balaban J connectivity index is 1.55. The van der Waals surface area contributed by atoms with Crippen LogP contribution in [-0.2, 0) is 4.79 Å². The Bertz CT molecular complexity index is 631. The van der Waals surface area contributed by atoms with Crippen LogP contribution >= 0.6 is 0 Å². The maximum absolute atomic E-state index is 12.3. The van der Waals surface area contributed by atoms with Crippen molar-refractivity contribution in [3.8, 4) is 0 Å². The number of hydrogen-bond acceptors (Lipinski definition) is 4. The van der Waals surface area contributed by atoms with Crippen molar-refractivity contribution in [3.05, 3.63) is 23.8 Å². The minimum absolute atomic E-state index is 0.0841. The van der Waals surface area contributed by atoms with Crippen LogP contribution in [-0.4, -0.2) is 48.4 Å². The lowest BCUT2D eigenvalue weighted by Gasteiger charge is -2.33. The number of fused-ring (bicyclic) bond motifs is 1. The maximum Gasteiger partial charge on any atom is 0.251 e. The molecule has 6 nitrogen and oxygen atoms in total. The molecular weight excluding hydrogens is 304 g/mol. The highest BCUT2D eigenvalue weighted by atomic mass is 16.2. The average Bonchev–Trinajstić information content (AvgIpc) is 2.57. The Morgan fingerprint density at radius 1 is 1.29 bits per heavy atom. The third kappa shape index (κ3) is 3.70. The fraction of sp³-hybridized carbons (Fsp3) is 0.556.